The molecule has 30 heavy (non-hydrogen) atoms. The molecular weight excluding hydrogens is 406 g/mol. The van der Waals surface area contributed by atoms with Gasteiger partial charge in [-0.3, -0.25) is 9.59 Å². The summed E-state index contributed by atoms with van der Waals surface area (Å²) in [7, 11) is -3.59. The number of nitrogens with zero attached hydrogens (tertiary/aromatic N) is 2. The molecule has 2 aliphatic heterocycles. The molecule has 1 aromatic heterocycles. The molecule has 2 fully saturated rings. The van der Waals surface area contributed by atoms with Crippen LogP contribution in [0.4, 0.5) is 5.69 Å². The van der Waals surface area contributed by atoms with Gasteiger partial charge in [-0.1, -0.05) is 12.5 Å². The summed E-state index contributed by atoms with van der Waals surface area (Å²) in [5, 5.41) is 2.78. The zero-order chi connectivity index (χ0) is 21.1. The number of anilines is 1. The Morgan fingerprint density at radius 3 is 2.53 bits per heavy atom. The number of sulfonamides is 1. The number of nitrogens with one attached hydrogen (secondary N) is 1. The lowest BCUT2D eigenvalue weighted by Gasteiger charge is -2.26. The van der Waals surface area contributed by atoms with Crippen molar-refractivity contribution in [2.24, 2.45) is 0 Å². The zero-order valence-corrected chi connectivity index (χ0v) is 17.4. The van der Waals surface area contributed by atoms with E-state index >= 15 is 0 Å². The summed E-state index contributed by atoms with van der Waals surface area (Å²) >= 11 is 0. The number of hydrogen-bond acceptors (Lipinski definition) is 5. The Morgan fingerprint density at radius 1 is 1.00 bits per heavy atom. The number of furan rings is 1. The van der Waals surface area contributed by atoms with Gasteiger partial charge in [-0.25, -0.2) is 8.42 Å². The maximum absolute atomic E-state index is 12.9. The maximum Gasteiger partial charge on any atom is 0.290 e. The summed E-state index contributed by atoms with van der Waals surface area (Å²) < 4.78 is 32.5. The molecule has 2 aliphatic rings. The van der Waals surface area contributed by atoms with Crippen LogP contribution in [0.2, 0.25) is 0 Å². The van der Waals surface area contributed by atoms with Gasteiger partial charge in [0.25, 0.3) is 5.91 Å². The van der Waals surface area contributed by atoms with Crippen LogP contribution in [0, 0.1) is 0 Å². The first-order chi connectivity index (χ1) is 14.5. The molecule has 2 amide bonds. The Labute approximate surface area is 175 Å². The quantitative estimate of drug-likeness (QED) is 0.785. The predicted molar refractivity (Wildman–Crippen MR) is 110 cm³/mol. The number of rotatable bonds is 5. The van der Waals surface area contributed by atoms with Crippen LogP contribution >= 0.6 is 0 Å². The second kappa shape index (κ2) is 8.61. The minimum Gasteiger partial charge on any atom is -0.459 e. The van der Waals surface area contributed by atoms with Gasteiger partial charge in [0.1, 0.15) is 6.04 Å². The minimum atomic E-state index is -3.59. The number of hydrogen-bond donors (Lipinski definition) is 1. The van der Waals surface area contributed by atoms with Crippen LogP contribution in [0.25, 0.3) is 0 Å². The van der Waals surface area contributed by atoms with E-state index in [2.05, 4.69) is 5.32 Å². The fourth-order valence-electron chi connectivity index (χ4n) is 4.04. The summed E-state index contributed by atoms with van der Waals surface area (Å²) in [6.07, 6.45) is 5.44. The Bertz CT molecular complexity index is 1010. The van der Waals surface area contributed by atoms with Gasteiger partial charge in [0, 0.05) is 25.3 Å². The van der Waals surface area contributed by atoms with Gasteiger partial charge in [-0.2, -0.15) is 4.31 Å². The summed E-state index contributed by atoms with van der Waals surface area (Å²) in [6.45, 7) is 1.51. The number of carbonyl (C=O) groups excluding carboxylic acids is 2. The second-order valence-electron chi connectivity index (χ2n) is 7.62. The summed E-state index contributed by atoms with van der Waals surface area (Å²) in [5.41, 5.74) is 0.399. The van der Waals surface area contributed by atoms with Crippen LogP contribution in [0.15, 0.2) is 52.0 Å². The normalized spacial score (nSPS) is 20.3. The number of carbonyl (C=O) groups is 2. The van der Waals surface area contributed by atoms with Gasteiger partial charge in [0.05, 0.1) is 11.2 Å². The Morgan fingerprint density at radius 2 is 1.80 bits per heavy atom. The van der Waals surface area contributed by atoms with Crippen LogP contribution < -0.4 is 5.32 Å². The van der Waals surface area contributed by atoms with E-state index in [9.17, 15) is 18.0 Å². The molecule has 3 heterocycles. The summed E-state index contributed by atoms with van der Waals surface area (Å²) in [4.78, 5) is 27.1. The first-order valence-electron chi connectivity index (χ1n) is 10.2. The van der Waals surface area contributed by atoms with E-state index < -0.39 is 16.1 Å². The van der Waals surface area contributed by atoms with Crippen molar-refractivity contribution in [1.82, 2.24) is 9.21 Å². The number of amides is 2. The monoisotopic (exact) mass is 431 g/mol. The first kappa shape index (κ1) is 20.6. The molecule has 0 unspecified atom stereocenters. The highest BCUT2D eigenvalue weighted by atomic mass is 32.2. The third kappa shape index (κ3) is 4.13. The van der Waals surface area contributed by atoms with Gasteiger partial charge in [0.2, 0.25) is 15.9 Å². The lowest BCUT2D eigenvalue weighted by molar-refractivity contribution is -0.119. The first-order valence-corrected chi connectivity index (χ1v) is 11.7. The molecule has 9 heteroatoms. The standard InChI is InChI=1S/C21H25N3O5S/c25-20(18-9-5-13-24(18)21(26)19-10-6-14-29-19)22-16-7-4-8-17(15-16)30(27,28)23-11-2-1-3-12-23/h4,6-8,10,14-15,18H,1-3,5,9,11-13H2,(H,22,25)/t18-/m0/s1. The highest BCUT2D eigenvalue weighted by molar-refractivity contribution is 7.89. The zero-order valence-electron chi connectivity index (χ0n) is 16.6. The largest absolute Gasteiger partial charge is 0.459 e. The molecule has 1 atom stereocenters. The third-order valence-corrected chi connectivity index (χ3v) is 7.50. The second-order valence-corrected chi connectivity index (χ2v) is 9.55. The van der Waals surface area contributed by atoms with E-state index in [-0.39, 0.29) is 22.5 Å². The number of likely N-dealkylation sites (tertiary alicyclic amines) is 1. The average molecular weight is 432 g/mol. The Kier molecular flexibility index (Phi) is 5.92. The van der Waals surface area contributed by atoms with E-state index in [1.165, 1.54) is 21.5 Å². The topological polar surface area (TPSA) is 99.9 Å². The van der Waals surface area contributed by atoms with Crippen molar-refractivity contribution in [3.63, 3.8) is 0 Å². The van der Waals surface area contributed by atoms with E-state index in [1.807, 2.05) is 0 Å². The molecule has 4 rings (SSSR count). The van der Waals surface area contributed by atoms with Crippen LogP contribution in [0.3, 0.4) is 0 Å². The molecule has 2 aromatic rings. The van der Waals surface area contributed by atoms with Gasteiger partial charge in [0.15, 0.2) is 5.76 Å². The fourth-order valence-corrected chi connectivity index (χ4v) is 5.60. The van der Waals surface area contributed by atoms with Crippen molar-refractivity contribution in [2.75, 3.05) is 25.0 Å². The minimum absolute atomic E-state index is 0.164. The van der Waals surface area contributed by atoms with E-state index in [0.29, 0.717) is 38.2 Å². The summed E-state index contributed by atoms with van der Waals surface area (Å²) in [6, 6.07) is 8.88. The average Bonchev–Trinajstić information content (AvgIpc) is 3.46. The molecule has 1 N–H and O–H groups in total. The van der Waals surface area contributed by atoms with Crippen molar-refractivity contribution in [2.45, 2.75) is 43.0 Å². The van der Waals surface area contributed by atoms with Gasteiger partial charge < -0.3 is 14.6 Å². The maximum atomic E-state index is 12.9. The van der Waals surface area contributed by atoms with Crippen LogP contribution in [0.1, 0.15) is 42.7 Å². The van der Waals surface area contributed by atoms with Crippen molar-refractivity contribution in [3.05, 3.63) is 48.4 Å². The molecule has 0 saturated carbocycles. The predicted octanol–water partition coefficient (Wildman–Crippen LogP) is 2.70. The number of piperidine rings is 1. The van der Waals surface area contributed by atoms with Crippen LogP contribution in [-0.2, 0) is 14.8 Å². The van der Waals surface area contributed by atoms with Gasteiger partial charge >= 0.3 is 0 Å². The lowest BCUT2D eigenvalue weighted by atomic mass is 10.2. The highest BCUT2D eigenvalue weighted by Crippen LogP contribution is 2.25. The van der Waals surface area contributed by atoms with Crippen LogP contribution in [-0.4, -0.2) is 55.1 Å². The van der Waals surface area contributed by atoms with Crippen molar-refractivity contribution >= 4 is 27.5 Å². The molecular formula is C21H25N3O5S. The van der Waals surface area contributed by atoms with E-state index in [0.717, 1.165) is 19.3 Å². The smallest absolute Gasteiger partial charge is 0.290 e. The fraction of sp³-hybridized carbons (Fsp3) is 0.429. The number of benzene rings is 1. The molecule has 1 aromatic carbocycles. The Hall–Kier alpha value is -2.65. The lowest BCUT2D eigenvalue weighted by Crippen LogP contribution is -2.43. The molecule has 8 nitrogen and oxygen atoms in total. The Balaban J connectivity index is 1.48. The van der Waals surface area contributed by atoms with Gasteiger partial charge in [-0.15, -0.1) is 0 Å². The molecule has 0 radical (unpaired) electrons. The summed E-state index contributed by atoms with van der Waals surface area (Å²) in [5.74, 6) is -0.455. The van der Waals surface area contributed by atoms with Gasteiger partial charge in [-0.05, 0) is 56.0 Å². The highest BCUT2D eigenvalue weighted by Gasteiger charge is 2.35. The molecule has 2 saturated heterocycles. The third-order valence-electron chi connectivity index (χ3n) is 5.60. The molecule has 0 aliphatic carbocycles. The van der Waals surface area contributed by atoms with Crippen molar-refractivity contribution in [1.29, 1.82) is 0 Å². The molecule has 0 bridgehead atoms. The van der Waals surface area contributed by atoms with Crippen molar-refractivity contribution < 1.29 is 22.4 Å². The SMILES string of the molecule is O=C(Nc1cccc(S(=O)(=O)N2CCCCC2)c1)[C@@H]1CCCN1C(=O)c1ccco1. The van der Waals surface area contributed by atoms with E-state index in [4.69, 9.17) is 4.42 Å². The van der Waals surface area contributed by atoms with Crippen LogP contribution in [0.5, 0.6) is 0 Å². The van der Waals surface area contributed by atoms with Crippen molar-refractivity contribution in [3.8, 4) is 0 Å². The molecule has 0 spiro atoms. The molecule has 160 valence electrons. The van der Waals surface area contributed by atoms with E-state index in [1.54, 1.807) is 30.3 Å².